The molecule has 1 saturated heterocycles. The van der Waals surface area contributed by atoms with Gasteiger partial charge in [0.1, 0.15) is 11.6 Å². The van der Waals surface area contributed by atoms with Gasteiger partial charge in [0.15, 0.2) is 0 Å². The van der Waals surface area contributed by atoms with Crippen LogP contribution in [0, 0.1) is 11.3 Å². The van der Waals surface area contributed by atoms with Crippen molar-refractivity contribution in [1.82, 2.24) is 30.2 Å². The summed E-state index contributed by atoms with van der Waals surface area (Å²) in [6.45, 7) is 2.46. The zero-order chi connectivity index (χ0) is 28.6. The first kappa shape index (κ1) is 27.1. The molecule has 40 heavy (non-hydrogen) atoms. The first-order valence-corrected chi connectivity index (χ1v) is 13.2. The molecule has 1 unspecified atom stereocenters. The minimum Gasteiger partial charge on any atom is -0.343 e. The van der Waals surface area contributed by atoms with Gasteiger partial charge in [0.2, 0.25) is 5.91 Å². The molecule has 5 rings (SSSR count). The first-order valence-electron chi connectivity index (χ1n) is 12.4. The van der Waals surface area contributed by atoms with E-state index in [0.717, 1.165) is 26.9 Å². The fraction of sp³-hybridized carbons (Fsp3) is 0.296. The van der Waals surface area contributed by atoms with Crippen molar-refractivity contribution >= 4 is 50.8 Å². The third-order valence-electron chi connectivity index (χ3n) is 6.60. The van der Waals surface area contributed by atoms with Gasteiger partial charge in [0.25, 0.3) is 11.8 Å². The van der Waals surface area contributed by atoms with E-state index in [1.165, 1.54) is 6.20 Å². The maximum Gasteiger partial charge on any atom is 0.312 e. The molecule has 3 heterocycles. The molecule has 2 amide bonds. The third kappa shape index (κ3) is 5.10. The van der Waals surface area contributed by atoms with Gasteiger partial charge in [-0.05, 0) is 35.4 Å². The van der Waals surface area contributed by atoms with Crippen molar-refractivity contribution < 1.29 is 23.2 Å². The topological polar surface area (TPSA) is 134 Å². The predicted octanol–water partition coefficient (Wildman–Crippen LogP) is 4.35. The highest BCUT2D eigenvalue weighted by Gasteiger charge is 2.47. The number of para-hydroxylation sites is 2. The highest BCUT2D eigenvalue weighted by Crippen LogP contribution is 2.34. The summed E-state index contributed by atoms with van der Waals surface area (Å²) in [5, 5.41) is 19.6. The number of hydrogen-bond acceptors (Lipinski definition) is 8. The molecule has 0 spiro atoms. The lowest BCUT2D eigenvalue weighted by Crippen LogP contribution is -2.43. The van der Waals surface area contributed by atoms with Crippen molar-refractivity contribution in [2.45, 2.75) is 43.0 Å². The van der Waals surface area contributed by atoms with E-state index in [-0.39, 0.29) is 16.4 Å². The van der Waals surface area contributed by atoms with E-state index in [1.54, 1.807) is 42.5 Å². The van der Waals surface area contributed by atoms with E-state index in [1.807, 2.05) is 19.9 Å². The number of pyridine rings is 1. The molecule has 1 aliphatic heterocycles. The van der Waals surface area contributed by atoms with Crippen molar-refractivity contribution in [3.8, 4) is 6.07 Å². The molecule has 2 aromatic heterocycles. The fourth-order valence-corrected chi connectivity index (χ4v) is 5.51. The van der Waals surface area contributed by atoms with Gasteiger partial charge in [0.05, 0.1) is 35.8 Å². The first-order chi connectivity index (χ1) is 19.1. The average Bonchev–Trinajstić information content (AvgIpc) is 3.51. The van der Waals surface area contributed by atoms with Crippen molar-refractivity contribution in [2.75, 3.05) is 13.1 Å². The lowest BCUT2D eigenvalue weighted by Gasteiger charge is -2.20. The van der Waals surface area contributed by atoms with Crippen LogP contribution < -0.4 is 5.32 Å². The molecule has 1 N–H and O–H groups in total. The largest absolute Gasteiger partial charge is 0.343 e. The predicted molar refractivity (Wildman–Crippen MR) is 143 cm³/mol. The average molecular weight is 564 g/mol. The van der Waals surface area contributed by atoms with E-state index in [4.69, 9.17) is 0 Å². The van der Waals surface area contributed by atoms with Crippen LogP contribution in [0.1, 0.15) is 42.1 Å². The molecule has 1 atom stereocenters. The number of thioether (sulfide) groups is 1. The summed E-state index contributed by atoms with van der Waals surface area (Å²) in [6.07, 6.45) is 0.662. The second kappa shape index (κ2) is 10.6. The number of nitriles is 1. The van der Waals surface area contributed by atoms with Gasteiger partial charge < -0.3 is 10.2 Å². The second-order valence-corrected chi connectivity index (χ2v) is 10.7. The number of amides is 2. The maximum atomic E-state index is 13.8. The minimum atomic E-state index is -3.18. The number of likely N-dealkylation sites (tertiary alicyclic amines) is 1. The van der Waals surface area contributed by atoms with E-state index < -0.39 is 48.5 Å². The zero-order valence-corrected chi connectivity index (χ0v) is 22.3. The highest BCUT2D eigenvalue weighted by molar-refractivity contribution is 8.13. The molecule has 1 fully saturated rings. The van der Waals surface area contributed by atoms with Crippen LogP contribution in [0.2, 0.25) is 0 Å². The van der Waals surface area contributed by atoms with Gasteiger partial charge in [-0.15, -0.1) is 5.10 Å². The number of carbonyl (C=O) groups excluding carboxylic acids is 3. The zero-order valence-electron chi connectivity index (χ0n) is 21.5. The molecular weight excluding hydrogens is 540 g/mol. The summed E-state index contributed by atoms with van der Waals surface area (Å²) in [5.74, 6) is -4.60. The Morgan fingerprint density at radius 3 is 2.73 bits per heavy atom. The molecule has 10 nitrogen and oxygen atoms in total. The Balaban J connectivity index is 1.48. The van der Waals surface area contributed by atoms with Crippen LogP contribution >= 0.6 is 11.8 Å². The number of rotatable bonds is 5. The highest BCUT2D eigenvalue weighted by atomic mass is 32.2. The van der Waals surface area contributed by atoms with E-state index in [9.17, 15) is 28.4 Å². The summed E-state index contributed by atoms with van der Waals surface area (Å²) < 4.78 is 28.8. The fourth-order valence-electron chi connectivity index (χ4n) is 4.69. The van der Waals surface area contributed by atoms with Crippen LogP contribution in [-0.4, -0.2) is 67.0 Å². The van der Waals surface area contributed by atoms with E-state index in [0.29, 0.717) is 21.9 Å². The maximum absolute atomic E-state index is 13.8. The molecule has 13 heteroatoms. The number of aromatic nitrogens is 4. The van der Waals surface area contributed by atoms with Crippen LogP contribution in [0.3, 0.4) is 0 Å². The molecular formula is C27H23F2N7O3S. The summed E-state index contributed by atoms with van der Waals surface area (Å²) in [4.78, 5) is 45.1. The Labute approximate surface area is 231 Å². The number of nitrogens with zero attached hydrogens (tertiary/aromatic N) is 6. The molecule has 0 saturated carbocycles. The monoisotopic (exact) mass is 563 g/mol. The quantitative estimate of drug-likeness (QED) is 0.354. The lowest BCUT2D eigenvalue weighted by molar-refractivity contribution is -0.131. The van der Waals surface area contributed by atoms with E-state index >= 15 is 0 Å². The van der Waals surface area contributed by atoms with Crippen LogP contribution in [0.5, 0.6) is 0 Å². The molecule has 0 aliphatic carbocycles. The standard InChI is InChI=1S/C27H23F2N7O3S/c1-15(2)17-6-5-7-18-23(25(38)32-13-22(37)35-14-27(28,29)10-16(35)11-30)21(12-31-24(17)18)40-26(39)36-20-9-4-3-8-19(20)33-34-36/h3-9,12,15-16H,10,13-14H2,1-2H3,(H,32,38). The Bertz CT molecular complexity index is 1700. The molecule has 0 radical (unpaired) electrons. The Morgan fingerprint density at radius 2 is 1.98 bits per heavy atom. The van der Waals surface area contributed by atoms with Crippen LogP contribution in [0.4, 0.5) is 13.6 Å². The third-order valence-corrected chi connectivity index (χ3v) is 7.48. The SMILES string of the molecule is CC(C)c1cccc2c(C(=O)NCC(=O)N3CC(F)(F)CC3C#N)c(SC(=O)n3nnc4ccccc43)cnc12. The van der Waals surface area contributed by atoms with E-state index in [2.05, 4.69) is 20.6 Å². The Kier molecular flexibility index (Phi) is 7.20. The Morgan fingerprint density at radius 1 is 1.20 bits per heavy atom. The Hall–Kier alpha value is -4.44. The number of benzene rings is 2. The second-order valence-electron chi connectivity index (χ2n) is 9.66. The molecule has 204 valence electrons. The normalized spacial score (nSPS) is 16.4. The van der Waals surface area contributed by atoms with Gasteiger partial charge in [0, 0.05) is 22.9 Å². The van der Waals surface area contributed by atoms with Crippen molar-refractivity contribution in [1.29, 1.82) is 5.26 Å². The number of alkyl halides is 2. The van der Waals surface area contributed by atoms with Crippen molar-refractivity contribution in [3.63, 3.8) is 0 Å². The van der Waals surface area contributed by atoms with Gasteiger partial charge in [-0.2, -0.15) is 9.94 Å². The van der Waals surface area contributed by atoms with Gasteiger partial charge in [-0.3, -0.25) is 19.4 Å². The lowest BCUT2D eigenvalue weighted by atomic mass is 9.97. The molecule has 0 bridgehead atoms. The number of nitrogens with one attached hydrogen (secondary N) is 1. The van der Waals surface area contributed by atoms with Crippen LogP contribution in [0.15, 0.2) is 53.6 Å². The summed E-state index contributed by atoms with van der Waals surface area (Å²) >= 11 is 0.724. The minimum absolute atomic E-state index is 0.0788. The summed E-state index contributed by atoms with van der Waals surface area (Å²) in [6, 6.07) is 12.7. The molecule has 2 aromatic carbocycles. The van der Waals surface area contributed by atoms with Crippen LogP contribution in [0.25, 0.3) is 21.9 Å². The number of fused-ring (bicyclic) bond motifs is 2. The van der Waals surface area contributed by atoms with Gasteiger partial charge >= 0.3 is 5.24 Å². The number of carbonyl (C=O) groups is 3. The number of hydrogen-bond donors (Lipinski definition) is 1. The van der Waals surface area contributed by atoms with Gasteiger partial charge in [-0.25, -0.2) is 8.78 Å². The molecule has 1 aliphatic rings. The smallest absolute Gasteiger partial charge is 0.312 e. The number of halogens is 2. The van der Waals surface area contributed by atoms with Crippen molar-refractivity contribution in [2.24, 2.45) is 0 Å². The summed E-state index contributed by atoms with van der Waals surface area (Å²) in [5.41, 5.74) is 2.55. The van der Waals surface area contributed by atoms with Gasteiger partial charge in [-0.1, -0.05) is 49.4 Å². The molecule has 4 aromatic rings. The van der Waals surface area contributed by atoms with Crippen LogP contribution in [-0.2, 0) is 4.79 Å². The summed E-state index contributed by atoms with van der Waals surface area (Å²) in [7, 11) is 0. The van der Waals surface area contributed by atoms with Crippen molar-refractivity contribution in [3.05, 3.63) is 59.8 Å².